The quantitative estimate of drug-likeness (QED) is 0.858. The van der Waals surface area contributed by atoms with Gasteiger partial charge in [0.15, 0.2) is 0 Å². The van der Waals surface area contributed by atoms with Crippen molar-refractivity contribution in [3.63, 3.8) is 0 Å². The third-order valence-electron chi connectivity index (χ3n) is 3.28. The minimum Gasteiger partial charge on any atom is -0.508 e. The molecular weight excluding hydrogens is 252 g/mol. The normalized spacial score (nSPS) is 17.8. The molecule has 0 saturated heterocycles. The molecule has 1 saturated carbocycles. The van der Waals surface area contributed by atoms with Crippen LogP contribution in [0.1, 0.15) is 37.7 Å². The number of phenolic OH excluding ortho intramolecular Hbond substituents is 1. The SMILES string of the molecule is Cc1ccc(S(=O)(=O)OC2CCCCC2)cc1O. The van der Waals surface area contributed by atoms with Crippen molar-refractivity contribution >= 4 is 10.1 Å². The van der Waals surface area contributed by atoms with Gasteiger partial charge in [-0.05, 0) is 31.4 Å². The Morgan fingerprint density at radius 1 is 1.22 bits per heavy atom. The van der Waals surface area contributed by atoms with Crippen molar-refractivity contribution < 1.29 is 17.7 Å². The van der Waals surface area contributed by atoms with Crippen LogP contribution in [0.25, 0.3) is 0 Å². The van der Waals surface area contributed by atoms with Gasteiger partial charge in [0.05, 0.1) is 11.0 Å². The molecule has 0 aliphatic heterocycles. The molecule has 0 heterocycles. The maximum absolute atomic E-state index is 12.0. The second kappa shape index (κ2) is 5.28. The zero-order chi connectivity index (χ0) is 13.2. The predicted octanol–water partition coefficient (Wildman–Crippen LogP) is 2.74. The highest BCUT2D eigenvalue weighted by Crippen LogP contribution is 2.27. The summed E-state index contributed by atoms with van der Waals surface area (Å²) in [4.78, 5) is 0.0242. The molecule has 1 aliphatic carbocycles. The van der Waals surface area contributed by atoms with Gasteiger partial charge in [-0.3, -0.25) is 4.18 Å². The molecule has 0 bridgehead atoms. The Morgan fingerprint density at radius 3 is 2.50 bits per heavy atom. The Morgan fingerprint density at radius 2 is 1.89 bits per heavy atom. The van der Waals surface area contributed by atoms with Crippen LogP contribution >= 0.6 is 0 Å². The Bertz CT molecular complexity index is 516. The van der Waals surface area contributed by atoms with Crippen LogP contribution in [0.15, 0.2) is 23.1 Å². The number of phenols is 1. The average molecular weight is 270 g/mol. The second-order valence-corrected chi connectivity index (χ2v) is 6.33. The molecule has 0 aromatic heterocycles. The molecule has 100 valence electrons. The van der Waals surface area contributed by atoms with Gasteiger partial charge < -0.3 is 5.11 Å². The summed E-state index contributed by atoms with van der Waals surface area (Å²) in [6.45, 7) is 1.72. The Hall–Kier alpha value is -1.07. The van der Waals surface area contributed by atoms with Gasteiger partial charge in [0.25, 0.3) is 10.1 Å². The van der Waals surface area contributed by atoms with E-state index in [0.717, 1.165) is 32.1 Å². The van der Waals surface area contributed by atoms with Crippen LogP contribution in [0.4, 0.5) is 0 Å². The van der Waals surface area contributed by atoms with Gasteiger partial charge in [0, 0.05) is 6.07 Å². The lowest BCUT2D eigenvalue weighted by molar-refractivity contribution is 0.162. The first kappa shape index (κ1) is 13.4. The highest BCUT2D eigenvalue weighted by Gasteiger charge is 2.23. The highest BCUT2D eigenvalue weighted by molar-refractivity contribution is 7.86. The maximum atomic E-state index is 12.0. The maximum Gasteiger partial charge on any atom is 0.297 e. The molecule has 1 aliphatic rings. The smallest absolute Gasteiger partial charge is 0.297 e. The van der Waals surface area contributed by atoms with Gasteiger partial charge in [0.2, 0.25) is 0 Å². The molecule has 1 N–H and O–H groups in total. The van der Waals surface area contributed by atoms with E-state index in [1.807, 2.05) is 0 Å². The first-order valence-corrected chi connectivity index (χ1v) is 7.63. The van der Waals surface area contributed by atoms with E-state index in [-0.39, 0.29) is 16.7 Å². The molecule has 0 unspecified atom stereocenters. The number of benzene rings is 1. The van der Waals surface area contributed by atoms with Crippen LogP contribution in [0.5, 0.6) is 5.75 Å². The molecule has 18 heavy (non-hydrogen) atoms. The van der Waals surface area contributed by atoms with Gasteiger partial charge in [0.1, 0.15) is 5.75 Å². The third kappa shape index (κ3) is 3.03. The molecule has 1 aromatic rings. The molecule has 4 nitrogen and oxygen atoms in total. The summed E-state index contributed by atoms with van der Waals surface area (Å²) < 4.78 is 29.3. The summed E-state index contributed by atoms with van der Waals surface area (Å²) in [5.41, 5.74) is 0.645. The topological polar surface area (TPSA) is 63.6 Å². The van der Waals surface area contributed by atoms with Crippen LogP contribution < -0.4 is 0 Å². The summed E-state index contributed by atoms with van der Waals surface area (Å²) in [6, 6.07) is 4.28. The van der Waals surface area contributed by atoms with E-state index in [1.54, 1.807) is 13.0 Å². The van der Waals surface area contributed by atoms with Gasteiger partial charge in [-0.1, -0.05) is 25.3 Å². The van der Waals surface area contributed by atoms with Crippen molar-refractivity contribution in [3.8, 4) is 5.75 Å². The molecular formula is C13H18O4S. The van der Waals surface area contributed by atoms with Crippen LogP contribution in [-0.4, -0.2) is 19.6 Å². The van der Waals surface area contributed by atoms with Crippen LogP contribution in [-0.2, 0) is 14.3 Å². The van der Waals surface area contributed by atoms with Crippen LogP contribution in [0, 0.1) is 6.92 Å². The third-order valence-corrected chi connectivity index (χ3v) is 4.64. The number of aromatic hydroxyl groups is 1. The first-order chi connectivity index (χ1) is 8.49. The number of hydrogen-bond acceptors (Lipinski definition) is 4. The summed E-state index contributed by atoms with van der Waals surface area (Å²) in [5.74, 6) is -0.0247. The highest BCUT2D eigenvalue weighted by atomic mass is 32.2. The van der Waals surface area contributed by atoms with Crippen molar-refractivity contribution in [2.24, 2.45) is 0 Å². The van der Waals surface area contributed by atoms with Gasteiger partial charge in [-0.15, -0.1) is 0 Å². The summed E-state index contributed by atoms with van der Waals surface area (Å²) >= 11 is 0. The fourth-order valence-corrected chi connectivity index (χ4v) is 3.29. The van der Waals surface area contributed by atoms with E-state index < -0.39 is 10.1 Å². The first-order valence-electron chi connectivity index (χ1n) is 6.22. The van der Waals surface area contributed by atoms with E-state index in [0.29, 0.717) is 5.56 Å². The molecule has 1 aromatic carbocycles. The van der Waals surface area contributed by atoms with Gasteiger partial charge in [-0.2, -0.15) is 8.42 Å². The van der Waals surface area contributed by atoms with E-state index in [2.05, 4.69) is 0 Å². The van der Waals surface area contributed by atoms with Crippen molar-refractivity contribution in [2.45, 2.75) is 50.0 Å². The average Bonchev–Trinajstić information content (AvgIpc) is 2.33. The fourth-order valence-electron chi connectivity index (χ4n) is 2.14. The molecule has 0 atom stereocenters. The minimum absolute atomic E-state index is 0.0242. The van der Waals surface area contributed by atoms with Crippen molar-refractivity contribution in [3.05, 3.63) is 23.8 Å². The van der Waals surface area contributed by atoms with E-state index in [1.165, 1.54) is 12.1 Å². The number of rotatable bonds is 3. The standard InChI is InChI=1S/C13H18O4S/c1-10-7-8-12(9-13(10)14)18(15,16)17-11-5-3-2-4-6-11/h7-9,11,14H,2-6H2,1H3. The summed E-state index contributed by atoms with van der Waals surface area (Å²) in [7, 11) is -3.76. The van der Waals surface area contributed by atoms with Gasteiger partial charge >= 0.3 is 0 Å². The lowest BCUT2D eigenvalue weighted by Crippen LogP contribution is -2.21. The monoisotopic (exact) mass is 270 g/mol. The Labute approximate surface area is 108 Å². The largest absolute Gasteiger partial charge is 0.508 e. The van der Waals surface area contributed by atoms with Gasteiger partial charge in [-0.25, -0.2) is 0 Å². The zero-order valence-corrected chi connectivity index (χ0v) is 11.2. The zero-order valence-electron chi connectivity index (χ0n) is 10.4. The van der Waals surface area contributed by atoms with Crippen molar-refractivity contribution in [2.75, 3.05) is 0 Å². The molecule has 0 radical (unpaired) electrons. The number of hydrogen-bond donors (Lipinski definition) is 1. The lowest BCUT2D eigenvalue weighted by Gasteiger charge is -2.21. The lowest BCUT2D eigenvalue weighted by atomic mass is 9.98. The fraction of sp³-hybridized carbons (Fsp3) is 0.538. The summed E-state index contributed by atoms with van der Waals surface area (Å²) in [6.07, 6.45) is 4.53. The van der Waals surface area contributed by atoms with Crippen LogP contribution in [0.2, 0.25) is 0 Å². The Balaban J connectivity index is 2.16. The Kier molecular flexibility index (Phi) is 3.92. The molecule has 1 fully saturated rings. The van der Waals surface area contributed by atoms with E-state index in [4.69, 9.17) is 4.18 Å². The minimum atomic E-state index is -3.76. The summed E-state index contributed by atoms with van der Waals surface area (Å²) in [5, 5.41) is 9.55. The predicted molar refractivity (Wildman–Crippen MR) is 68.0 cm³/mol. The van der Waals surface area contributed by atoms with E-state index >= 15 is 0 Å². The molecule has 5 heteroatoms. The van der Waals surface area contributed by atoms with Crippen LogP contribution in [0.3, 0.4) is 0 Å². The molecule has 0 amide bonds. The number of aryl methyl sites for hydroxylation is 1. The van der Waals surface area contributed by atoms with Crippen molar-refractivity contribution in [1.82, 2.24) is 0 Å². The van der Waals surface area contributed by atoms with E-state index in [9.17, 15) is 13.5 Å². The van der Waals surface area contributed by atoms with Crippen molar-refractivity contribution in [1.29, 1.82) is 0 Å². The second-order valence-electron chi connectivity index (χ2n) is 4.76. The molecule has 0 spiro atoms. The molecule has 2 rings (SSSR count).